The van der Waals surface area contributed by atoms with Gasteiger partial charge in [-0.05, 0) is 41.8 Å². The van der Waals surface area contributed by atoms with Crippen molar-refractivity contribution in [2.24, 2.45) is 0 Å². The van der Waals surface area contributed by atoms with E-state index in [4.69, 9.17) is 5.11 Å². The number of fused-ring (bicyclic) bond motifs is 1. The van der Waals surface area contributed by atoms with Gasteiger partial charge in [0.05, 0.1) is 5.52 Å². The molecule has 0 aliphatic rings. The van der Waals surface area contributed by atoms with Gasteiger partial charge in [0.15, 0.2) is 0 Å². The molecule has 0 saturated carbocycles. The first-order chi connectivity index (χ1) is 14.7. The molecule has 0 saturated heterocycles. The Hall–Kier alpha value is -3.93. The molecular formula is C22H17F3N2O4. The van der Waals surface area contributed by atoms with Crippen molar-refractivity contribution in [2.75, 3.05) is 5.32 Å². The van der Waals surface area contributed by atoms with Crippen molar-refractivity contribution in [2.45, 2.75) is 25.7 Å². The van der Waals surface area contributed by atoms with Gasteiger partial charge in [0.2, 0.25) is 5.91 Å². The van der Waals surface area contributed by atoms with E-state index in [0.717, 1.165) is 5.39 Å². The van der Waals surface area contributed by atoms with Gasteiger partial charge in [0.1, 0.15) is 12.3 Å². The number of carboxylic acid groups (broad SMARTS) is 1. The van der Waals surface area contributed by atoms with E-state index in [1.165, 1.54) is 24.3 Å². The normalized spacial score (nSPS) is 10.9. The van der Waals surface area contributed by atoms with Gasteiger partial charge in [-0.2, -0.15) is 0 Å². The number of anilines is 1. The second-order valence-electron chi connectivity index (χ2n) is 6.54. The lowest BCUT2D eigenvalue weighted by molar-refractivity contribution is -0.274. The molecule has 0 aliphatic carbocycles. The van der Waals surface area contributed by atoms with Crippen LogP contribution in [0.5, 0.6) is 5.75 Å². The Labute approximate surface area is 175 Å². The number of benzene rings is 2. The molecule has 3 aromatic rings. The molecule has 1 amide bonds. The van der Waals surface area contributed by atoms with Crippen molar-refractivity contribution in [3.63, 3.8) is 0 Å². The van der Waals surface area contributed by atoms with Crippen LogP contribution >= 0.6 is 0 Å². The molecule has 0 aliphatic heterocycles. The number of alkyl halides is 3. The second-order valence-corrected chi connectivity index (χ2v) is 6.54. The van der Waals surface area contributed by atoms with Crippen LogP contribution in [0.4, 0.5) is 18.9 Å². The highest BCUT2D eigenvalue weighted by atomic mass is 19.4. The van der Waals surface area contributed by atoms with E-state index in [1.807, 2.05) is 0 Å². The van der Waals surface area contributed by atoms with Crippen LogP contribution in [0.3, 0.4) is 0 Å². The number of aliphatic carboxylic acids is 1. The predicted molar refractivity (Wildman–Crippen MR) is 107 cm³/mol. The minimum Gasteiger partial charge on any atom is -0.480 e. The average Bonchev–Trinajstić information content (AvgIpc) is 3.06. The number of nitrogens with zero attached hydrogens (tertiary/aromatic N) is 1. The van der Waals surface area contributed by atoms with Crippen molar-refractivity contribution in [1.82, 2.24) is 4.57 Å². The van der Waals surface area contributed by atoms with Crippen molar-refractivity contribution >= 4 is 28.5 Å². The molecule has 3 rings (SSSR count). The number of hydrogen-bond donors (Lipinski definition) is 2. The first kappa shape index (κ1) is 21.8. The molecule has 2 aromatic carbocycles. The zero-order valence-corrected chi connectivity index (χ0v) is 16.1. The van der Waals surface area contributed by atoms with Gasteiger partial charge in [0.25, 0.3) is 0 Å². The van der Waals surface area contributed by atoms with Crippen LogP contribution in [0.25, 0.3) is 10.9 Å². The SMILES string of the molecule is O=C(O)Cn1ccc2ccc(NC(=O)CCC#Cc3cccc(OC(F)(F)F)c3)cc21. The lowest BCUT2D eigenvalue weighted by Crippen LogP contribution is -2.17. The molecule has 0 fully saturated rings. The fourth-order valence-electron chi connectivity index (χ4n) is 2.88. The van der Waals surface area contributed by atoms with Crippen LogP contribution in [0, 0.1) is 11.8 Å². The van der Waals surface area contributed by atoms with Gasteiger partial charge in [-0.15, -0.1) is 13.2 Å². The van der Waals surface area contributed by atoms with Gasteiger partial charge < -0.3 is 19.7 Å². The number of carbonyl (C=O) groups is 2. The van der Waals surface area contributed by atoms with Crippen LogP contribution in [0.15, 0.2) is 54.7 Å². The number of nitrogens with one attached hydrogen (secondary N) is 1. The molecule has 1 heterocycles. The topological polar surface area (TPSA) is 80.6 Å². The maximum atomic E-state index is 12.3. The quantitative estimate of drug-likeness (QED) is 0.569. The van der Waals surface area contributed by atoms with Crippen molar-refractivity contribution < 1.29 is 32.6 Å². The highest BCUT2D eigenvalue weighted by Crippen LogP contribution is 2.23. The molecule has 0 bridgehead atoms. The molecule has 0 atom stereocenters. The molecule has 0 radical (unpaired) electrons. The Morgan fingerprint density at radius 3 is 2.68 bits per heavy atom. The first-order valence-electron chi connectivity index (χ1n) is 9.15. The molecule has 160 valence electrons. The standard InChI is InChI=1S/C22H17F3N2O4/c23-22(24,25)31-18-6-3-5-15(12-18)4-1-2-7-20(28)26-17-9-8-16-10-11-27(14-21(29)30)19(16)13-17/h3,5-6,8-13H,2,7,14H2,(H,26,28)(H,29,30). The summed E-state index contributed by atoms with van der Waals surface area (Å²) in [7, 11) is 0. The number of hydrogen-bond acceptors (Lipinski definition) is 3. The van der Waals surface area contributed by atoms with Crippen molar-refractivity contribution in [3.8, 4) is 17.6 Å². The molecule has 6 nitrogen and oxygen atoms in total. The lowest BCUT2D eigenvalue weighted by atomic mass is 10.2. The van der Waals surface area contributed by atoms with Crippen LogP contribution in [0.1, 0.15) is 18.4 Å². The number of aromatic nitrogens is 1. The largest absolute Gasteiger partial charge is 0.573 e. The maximum Gasteiger partial charge on any atom is 0.573 e. The summed E-state index contributed by atoms with van der Waals surface area (Å²) in [4.78, 5) is 23.1. The van der Waals surface area contributed by atoms with E-state index in [-0.39, 0.29) is 31.0 Å². The Morgan fingerprint density at radius 1 is 1.13 bits per heavy atom. The highest BCUT2D eigenvalue weighted by molar-refractivity contribution is 5.94. The first-order valence-corrected chi connectivity index (χ1v) is 9.15. The third-order valence-corrected chi connectivity index (χ3v) is 4.14. The van der Waals surface area contributed by atoms with E-state index < -0.39 is 12.3 Å². The van der Waals surface area contributed by atoms with E-state index in [2.05, 4.69) is 21.9 Å². The Kier molecular flexibility index (Phi) is 6.50. The summed E-state index contributed by atoms with van der Waals surface area (Å²) in [6, 6.07) is 12.2. The fourth-order valence-corrected chi connectivity index (χ4v) is 2.88. The number of rotatable bonds is 6. The van der Waals surface area contributed by atoms with Crippen molar-refractivity contribution in [1.29, 1.82) is 0 Å². The summed E-state index contributed by atoms with van der Waals surface area (Å²) in [6.07, 6.45) is -2.83. The van der Waals surface area contributed by atoms with Crippen LogP contribution in [-0.2, 0) is 16.1 Å². The monoisotopic (exact) mass is 430 g/mol. The minimum absolute atomic E-state index is 0.0833. The number of carboxylic acids is 1. The van der Waals surface area contributed by atoms with Gasteiger partial charge in [-0.3, -0.25) is 9.59 Å². The Morgan fingerprint density at radius 2 is 1.94 bits per heavy atom. The zero-order valence-electron chi connectivity index (χ0n) is 16.1. The number of ether oxygens (including phenoxy) is 1. The number of carbonyl (C=O) groups excluding carboxylic acids is 1. The van der Waals surface area contributed by atoms with E-state index in [1.54, 1.807) is 35.0 Å². The minimum atomic E-state index is -4.78. The maximum absolute atomic E-state index is 12.3. The molecule has 1 aromatic heterocycles. The summed E-state index contributed by atoms with van der Waals surface area (Å²) in [5, 5.41) is 12.5. The van der Waals surface area contributed by atoms with E-state index >= 15 is 0 Å². The van der Waals surface area contributed by atoms with Gasteiger partial charge >= 0.3 is 12.3 Å². The smallest absolute Gasteiger partial charge is 0.480 e. The summed E-state index contributed by atoms with van der Waals surface area (Å²) < 4.78 is 42.2. The average molecular weight is 430 g/mol. The lowest BCUT2D eigenvalue weighted by Gasteiger charge is -2.08. The van der Waals surface area contributed by atoms with E-state index in [9.17, 15) is 22.8 Å². The summed E-state index contributed by atoms with van der Waals surface area (Å²) in [5.41, 5.74) is 1.54. The van der Waals surface area contributed by atoms with Gasteiger partial charge in [-0.1, -0.05) is 24.0 Å². The molecule has 0 spiro atoms. The Bertz CT molecular complexity index is 1170. The Balaban J connectivity index is 1.57. The predicted octanol–water partition coefficient (Wildman–Crippen LogP) is 4.39. The number of halogens is 3. The number of amides is 1. The van der Waals surface area contributed by atoms with Crippen molar-refractivity contribution in [3.05, 3.63) is 60.3 Å². The van der Waals surface area contributed by atoms with Crippen LogP contribution < -0.4 is 10.1 Å². The van der Waals surface area contributed by atoms with Crippen LogP contribution in [0.2, 0.25) is 0 Å². The molecule has 31 heavy (non-hydrogen) atoms. The third-order valence-electron chi connectivity index (χ3n) is 4.14. The molecule has 0 unspecified atom stereocenters. The van der Waals surface area contributed by atoms with E-state index in [0.29, 0.717) is 16.8 Å². The van der Waals surface area contributed by atoms with Gasteiger partial charge in [-0.25, -0.2) is 0 Å². The highest BCUT2D eigenvalue weighted by Gasteiger charge is 2.31. The van der Waals surface area contributed by atoms with Crippen LogP contribution in [-0.4, -0.2) is 27.9 Å². The molecular weight excluding hydrogens is 413 g/mol. The fraction of sp³-hybridized carbons (Fsp3) is 0.182. The summed E-state index contributed by atoms with van der Waals surface area (Å²) in [5.74, 6) is 3.82. The zero-order chi connectivity index (χ0) is 22.4. The summed E-state index contributed by atoms with van der Waals surface area (Å²) in [6.45, 7) is -0.189. The van der Waals surface area contributed by atoms with Gasteiger partial charge in [0, 0.05) is 30.3 Å². The molecule has 9 heteroatoms. The third kappa shape index (κ3) is 6.54. The molecule has 2 N–H and O–H groups in total. The summed E-state index contributed by atoms with van der Waals surface area (Å²) >= 11 is 0. The second kappa shape index (κ2) is 9.26.